The molecule has 2 aromatic rings. The van der Waals surface area contributed by atoms with Crippen molar-refractivity contribution in [1.29, 1.82) is 0 Å². The van der Waals surface area contributed by atoms with Crippen LogP contribution in [0.1, 0.15) is 11.1 Å². The highest BCUT2D eigenvalue weighted by atomic mass is 79.9. The highest BCUT2D eigenvalue weighted by molar-refractivity contribution is 9.10. The fourth-order valence-electron chi connectivity index (χ4n) is 1.78. The molecule has 0 amide bonds. The van der Waals surface area contributed by atoms with Gasteiger partial charge < -0.3 is 9.47 Å². The van der Waals surface area contributed by atoms with Crippen molar-refractivity contribution in [1.82, 2.24) is 0 Å². The normalized spacial score (nSPS) is 10.4. The van der Waals surface area contributed by atoms with E-state index >= 15 is 0 Å². The van der Waals surface area contributed by atoms with Crippen molar-refractivity contribution < 1.29 is 13.9 Å². The van der Waals surface area contributed by atoms with E-state index in [4.69, 9.17) is 9.47 Å². The van der Waals surface area contributed by atoms with Crippen LogP contribution in [0, 0.1) is 5.82 Å². The summed E-state index contributed by atoms with van der Waals surface area (Å²) in [7, 11) is 1.62. The Labute approximate surface area is 134 Å². The Hall–Kier alpha value is -1.07. The van der Waals surface area contributed by atoms with Gasteiger partial charge >= 0.3 is 0 Å². The van der Waals surface area contributed by atoms with Crippen LogP contribution in [0.3, 0.4) is 0 Å². The lowest BCUT2D eigenvalue weighted by atomic mass is 10.2. The average Bonchev–Trinajstić information content (AvgIpc) is 2.44. The van der Waals surface area contributed by atoms with E-state index in [-0.39, 0.29) is 5.82 Å². The Morgan fingerprint density at radius 1 is 1.15 bits per heavy atom. The molecule has 106 valence electrons. The van der Waals surface area contributed by atoms with Crippen LogP contribution in [0.25, 0.3) is 0 Å². The van der Waals surface area contributed by atoms with Gasteiger partial charge in [-0.15, -0.1) is 0 Å². The van der Waals surface area contributed by atoms with Crippen LogP contribution in [-0.4, -0.2) is 7.11 Å². The minimum atomic E-state index is -0.284. The lowest BCUT2D eigenvalue weighted by Crippen LogP contribution is -1.99. The summed E-state index contributed by atoms with van der Waals surface area (Å²) in [6.07, 6.45) is 0. The molecule has 0 spiro atoms. The molecule has 0 aromatic heterocycles. The summed E-state index contributed by atoms with van der Waals surface area (Å²) in [4.78, 5) is 0. The van der Waals surface area contributed by atoms with Crippen LogP contribution in [0.4, 0.5) is 4.39 Å². The lowest BCUT2D eigenvalue weighted by Gasteiger charge is -2.12. The summed E-state index contributed by atoms with van der Waals surface area (Å²) in [5.41, 5.74) is 1.76. The first-order chi connectivity index (χ1) is 9.62. The molecule has 20 heavy (non-hydrogen) atoms. The van der Waals surface area contributed by atoms with Gasteiger partial charge in [0.05, 0.1) is 7.11 Å². The molecule has 0 N–H and O–H groups in total. The third kappa shape index (κ3) is 3.96. The molecule has 0 unspecified atom stereocenters. The van der Waals surface area contributed by atoms with Gasteiger partial charge in [-0.05, 0) is 42.0 Å². The number of ether oxygens (including phenoxy) is 2. The van der Waals surface area contributed by atoms with Crippen LogP contribution in [0.15, 0.2) is 40.9 Å². The first-order valence-corrected chi connectivity index (χ1v) is 7.84. The summed E-state index contributed by atoms with van der Waals surface area (Å²) < 4.78 is 24.9. The maximum atomic E-state index is 13.3. The second-order valence-corrected chi connectivity index (χ2v) is 5.65. The molecule has 2 nitrogen and oxygen atoms in total. The van der Waals surface area contributed by atoms with Gasteiger partial charge in [-0.1, -0.05) is 31.9 Å². The highest BCUT2D eigenvalue weighted by Crippen LogP contribution is 2.27. The van der Waals surface area contributed by atoms with E-state index in [1.54, 1.807) is 7.11 Å². The molecule has 0 heterocycles. The number of benzene rings is 2. The number of alkyl halides is 1. The van der Waals surface area contributed by atoms with Crippen molar-refractivity contribution in [3.05, 3.63) is 57.8 Å². The van der Waals surface area contributed by atoms with Crippen LogP contribution in [0.2, 0.25) is 0 Å². The van der Waals surface area contributed by atoms with Gasteiger partial charge in [-0.25, -0.2) is 4.39 Å². The van der Waals surface area contributed by atoms with Crippen molar-refractivity contribution in [2.24, 2.45) is 0 Å². The third-order valence-electron chi connectivity index (χ3n) is 2.73. The van der Waals surface area contributed by atoms with Gasteiger partial charge in [0.15, 0.2) is 0 Å². The Morgan fingerprint density at radius 3 is 2.60 bits per heavy atom. The molecule has 2 aromatic carbocycles. The van der Waals surface area contributed by atoms with Gasteiger partial charge in [0.1, 0.15) is 23.9 Å². The standard InChI is InChI=1S/C15H13Br2FO2/c1-19-14-2-3-15(11(6-14)8-16)20-9-10-4-12(17)7-13(18)5-10/h2-7H,8-9H2,1H3. The van der Waals surface area contributed by atoms with E-state index in [0.29, 0.717) is 16.4 Å². The van der Waals surface area contributed by atoms with Crippen molar-refractivity contribution in [3.8, 4) is 11.5 Å². The lowest BCUT2D eigenvalue weighted by molar-refractivity contribution is 0.302. The molecule has 0 fully saturated rings. The zero-order chi connectivity index (χ0) is 14.5. The third-order valence-corrected chi connectivity index (χ3v) is 3.79. The molecule has 2 rings (SSSR count). The molecule has 0 aliphatic carbocycles. The zero-order valence-electron chi connectivity index (χ0n) is 10.8. The quantitative estimate of drug-likeness (QED) is 0.648. The minimum Gasteiger partial charge on any atom is -0.497 e. The molecule has 0 aliphatic rings. The van der Waals surface area contributed by atoms with Gasteiger partial charge in [0, 0.05) is 15.4 Å². The molecule has 0 saturated carbocycles. The fraction of sp³-hybridized carbons (Fsp3) is 0.200. The SMILES string of the molecule is COc1ccc(OCc2cc(F)cc(Br)c2)c(CBr)c1. The molecule has 5 heteroatoms. The summed E-state index contributed by atoms with van der Waals surface area (Å²) in [5, 5.41) is 0.659. The second-order valence-electron chi connectivity index (χ2n) is 4.17. The first kappa shape index (κ1) is 15.3. The zero-order valence-corrected chi connectivity index (χ0v) is 14.0. The summed E-state index contributed by atoms with van der Waals surface area (Å²) in [5.74, 6) is 1.25. The van der Waals surface area contributed by atoms with Crippen molar-refractivity contribution in [2.75, 3.05) is 7.11 Å². The van der Waals surface area contributed by atoms with Crippen LogP contribution in [0.5, 0.6) is 11.5 Å². The monoisotopic (exact) mass is 402 g/mol. The van der Waals surface area contributed by atoms with E-state index in [2.05, 4.69) is 31.9 Å². The van der Waals surface area contributed by atoms with Crippen molar-refractivity contribution in [2.45, 2.75) is 11.9 Å². The van der Waals surface area contributed by atoms with E-state index < -0.39 is 0 Å². The maximum Gasteiger partial charge on any atom is 0.124 e. The van der Waals surface area contributed by atoms with Crippen LogP contribution in [-0.2, 0) is 11.9 Å². The van der Waals surface area contributed by atoms with Crippen molar-refractivity contribution in [3.63, 3.8) is 0 Å². The Kier molecular flexibility index (Phi) is 5.43. The first-order valence-electron chi connectivity index (χ1n) is 5.93. The predicted octanol–water partition coefficient (Wildman–Crippen LogP) is 5.07. The molecule has 0 saturated heterocycles. The van der Waals surface area contributed by atoms with Crippen molar-refractivity contribution >= 4 is 31.9 Å². The average molecular weight is 404 g/mol. The van der Waals surface area contributed by atoms with Crippen LogP contribution >= 0.6 is 31.9 Å². The smallest absolute Gasteiger partial charge is 0.124 e. The van der Waals surface area contributed by atoms with Gasteiger partial charge in [0.25, 0.3) is 0 Å². The Balaban J connectivity index is 2.14. The highest BCUT2D eigenvalue weighted by Gasteiger charge is 2.06. The largest absolute Gasteiger partial charge is 0.497 e. The predicted molar refractivity (Wildman–Crippen MR) is 84.1 cm³/mol. The summed E-state index contributed by atoms with van der Waals surface area (Å²) >= 11 is 6.68. The maximum absolute atomic E-state index is 13.3. The van der Waals surface area contributed by atoms with Crippen LogP contribution < -0.4 is 9.47 Å². The molecule has 0 radical (unpaired) electrons. The number of hydrogen-bond acceptors (Lipinski definition) is 2. The summed E-state index contributed by atoms with van der Waals surface area (Å²) in [6.45, 7) is 0.308. The van der Waals surface area contributed by atoms with E-state index in [1.807, 2.05) is 24.3 Å². The molecular formula is C15H13Br2FO2. The molecule has 0 bridgehead atoms. The number of methoxy groups -OCH3 is 1. The minimum absolute atomic E-state index is 0.284. The number of halogens is 3. The molecular weight excluding hydrogens is 391 g/mol. The number of rotatable bonds is 5. The topological polar surface area (TPSA) is 18.5 Å². The van der Waals surface area contributed by atoms with Gasteiger partial charge in [-0.3, -0.25) is 0 Å². The van der Waals surface area contributed by atoms with Gasteiger partial charge in [-0.2, -0.15) is 0 Å². The van der Waals surface area contributed by atoms with Gasteiger partial charge in [0.2, 0.25) is 0 Å². The van der Waals surface area contributed by atoms with E-state index in [9.17, 15) is 4.39 Å². The van der Waals surface area contributed by atoms with E-state index in [0.717, 1.165) is 22.6 Å². The Morgan fingerprint density at radius 2 is 1.95 bits per heavy atom. The molecule has 0 aliphatic heterocycles. The second kappa shape index (κ2) is 7.09. The Bertz CT molecular complexity index is 582. The summed E-state index contributed by atoms with van der Waals surface area (Å²) in [6, 6.07) is 10.3. The molecule has 0 atom stereocenters. The van der Waals surface area contributed by atoms with E-state index in [1.165, 1.54) is 12.1 Å². The fourth-order valence-corrected chi connectivity index (χ4v) is 2.73. The number of hydrogen-bond donors (Lipinski definition) is 0.